The Bertz CT molecular complexity index is 1030. The topological polar surface area (TPSA) is 59.5 Å². The van der Waals surface area contributed by atoms with Gasteiger partial charge in [-0.25, -0.2) is 4.98 Å². The minimum Gasteiger partial charge on any atom is -0.466 e. The fourth-order valence-electron chi connectivity index (χ4n) is 3.80. The number of pyridine rings is 1. The standard InChI is InChI=1S/C25H26N2O3/c1-2-30-25(29)21-16-20(21)17-27(15-14-18-8-4-3-5-9-18)24(28)23-13-12-19-10-6-7-11-22(19)26-23/h3-13,20-21H,2,14-17H2,1H3/t20-,21-/m0/s1. The summed E-state index contributed by atoms with van der Waals surface area (Å²) in [6.07, 6.45) is 1.54. The summed E-state index contributed by atoms with van der Waals surface area (Å²) in [6, 6.07) is 21.6. The van der Waals surface area contributed by atoms with Crippen molar-refractivity contribution in [3.63, 3.8) is 0 Å². The Labute approximate surface area is 176 Å². The predicted octanol–water partition coefficient (Wildman–Crippen LogP) is 4.12. The summed E-state index contributed by atoms with van der Waals surface area (Å²) in [6.45, 7) is 3.34. The van der Waals surface area contributed by atoms with Crippen molar-refractivity contribution in [3.05, 3.63) is 78.0 Å². The molecule has 1 heterocycles. The van der Waals surface area contributed by atoms with E-state index in [2.05, 4.69) is 17.1 Å². The molecule has 5 heteroatoms. The second-order valence-electron chi connectivity index (χ2n) is 7.73. The summed E-state index contributed by atoms with van der Waals surface area (Å²) < 4.78 is 5.15. The molecule has 30 heavy (non-hydrogen) atoms. The largest absolute Gasteiger partial charge is 0.466 e. The summed E-state index contributed by atoms with van der Waals surface area (Å²) in [4.78, 5) is 31.8. The zero-order valence-corrected chi connectivity index (χ0v) is 17.2. The molecule has 0 unspecified atom stereocenters. The van der Waals surface area contributed by atoms with E-state index in [0.29, 0.717) is 25.4 Å². The number of carbonyl (C=O) groups excluding carboxylic acids is 2. The van der Waals surface area contributed by atoms with Crippen LogP contribution < -0.4 is 0 Å². The van der Waals surface area contributed by atoms with Gasteiger partial charge in [0.2, 0.25) is 0 Å². The van der Waals surface area contributed by atoms with E-state index in [0.717, 1.165) is 23.7 Å². The first-order valence-electron chi connectivity index (χ1n) is 10.5. The van der Waals surface area contributed by atoms with Crippen LogP contribution >= 0.6 is 0 Å². The molecule has 0 N–H and O–H groups in total. The van der Waals surface area contributed by atoms with Gasteiger partial charge in [0.1, 0.15) is 5.69 Å². The van der Waals surface area contributed by atoms with Crippen LogP contribution in [-0.2, 0) is 16.0 Å². The van der Waals surface area contributed by atoms with Crippen LogP contribution in [0.2, 0.25) is 0 Å². The highest BCUT2D eigenvalue weighted by molar-refractivity contribution is 5.95. The van der Waals surface area contributed by atoms with Crippen molar-refractivity contribution in [1.29, 1.82) is 0 Å². The lowest BCUT2D eigenvalue weighted by atomic mass is 10.1. The lowest BCUT2D eigenvalue weighted by molar-refractivity contribution is -0.145. The molecule has 2 atom stereocenters. The number of para-hydroxylation sites is 1. The van der Waals surface area contributed by atoms with Crippen molar-refractivity contribution in [2.45, 2.75) is 19.8 Å². The zero-order chi connectivity index (χ0) is 20.9. The van der Waals surface area contributed by atoms with E-state index in [1.807, 2.05) is 60.4 Å². The van der Waals surface area contributed by atoms with E-state index in [1.54, 1.807) is 6.07 Å². The number of rotatable bonds is 8. The molecular weight excluding hydrogens is 376 g/mol. The highest BCUT2D eigenvalue weighted by Gasteiger charge is 2.45. The minimum absolute atomic E-state index is 0.0915. The van der Waals surface area contributed by atoms with Gasteiger partial charge < -0.3 is 9.64 Å². The van der Waals surface area contributed by atoms with Crippen molar-refractivity contribution in [2.24, 2.45) is 11.8 Å². The van der Waals surface area contributed by atoms with Crippen LogP contribution in [0.15, 0.2) is 66.7 Å². The average molecular weight is 402 g/mol. The number of nitrogens with zero attached hydrogens (tertiary/aromatic N) is 2. The monoisotopic (exact) mass is 402 g/mol. The number of ether oxygens (including phenoxy) is 1. The van der Waals surface area contributed by atoms with Crippen LogP contribution in [0.5, 0.6) is 0 Å². The molecule has 1 saturated carbocycles. The van der Waals surface area contributed by atoms with Gasteiger partial charge in [-0.1, -0.05) is 54.6 Å². The van der Waals surface area contributed by atoms with Gasteiger partial charge in [0.25, 0.3) is 5.91 Å². The lowest BCUT2D eigenvalue weighted by Gasteiger charge is -2.23. The van der Waals surface area contributed by atoms with Crippen LogP contribution in [0, 0.1) is 11.8 Å². The van der Waals surface area contributed by atoms with Crippen LogP contribution in [0.3, 0.4) is 0 Å². The Morgan fingerprint density at radius 2 is 1.80 bits per heavy atom. The third-order valence-corrected chi connectivity index (χ3v) is 5.58. The first kappa shape index (κ1) is 20.1. The minimum atomic E-state index is -0.151. The maximum atomic E-state index is 13.3. The molecule has 2 aromatic carbocycles. The molecule has 0 aliphatic heterocycles. The third-order valence-electron chi connectivity index (χ3n) is 5.58. The normalized spacial score (nSPS) is 17.5. The highest BCUT2D eigenvalue weighted by Crippen LogP contribution is 2.40. The molecule has 1 amide bonds. The summed E-state index contributed by atoms with van der Waals surface area (Å²) in [5.41, 5.74) is 2.43. The Morgan fingerprint density at radius 3 is 2.60 bits per heavy atom. The first-order valence-corrected chi connectivity index (χ1v) is 10.5. The number of benzene rings is 2. The van der Waals surface area contributed by atoms with Gasteiger partial charge in [-0.05, 0) is 43.4 Å². The maximum Gasteiger partial charge on any atom is 0.309 e. The fraction of sp³-hybridized carbons (Fsp3) is 0.320. The van der Waals surface area contributed by atoms with E-state index >= 15 is 0 Å². The second kappa shape index (κ2) is 9.08. The van der Waals surface area contributed by atoms with Gasteiger partial charge in [0, 0.05) is 18.5 Å². The number of hydrogen-bond donors (Lipinski definition) is 0. The maximum absolute atomic E-state index is 13.3. The Hall–Kier alpha value is -3.21. The second-order valence-corrected chi connectivity index (χ2v) is 7.73. The van der Waals surface area contributed by atoms with Crippen molar-refractivity contribution in [1.82, 2.24) is 9.88 Å². The summed E-state index contributed by atoms with van der Waals surface area (Å²) >= 11 is 0. The van der Waals surface area contributed by atoms with Gasteiger partial charge in [-0.2, -0.15) is 0 Å². The van der Waals surface area contributed by atoms with Crippen LogP contribution in [0.25, 0.3) is 10.9 Å². The smallest absolute Gasteiger partial charge is 0.309 e. The van der Waals surface area contributed by atoms with E-state index in [-0.39, 0.29) is 23.7 Å². The number of esters is 1. The van der Waals surface area contributed by atoms with Gasteiger partial charge in [0.05, 0.1) is 18.0 Å². The Kier molecular flexibility index (Phi) is 6.07. The fourth-order valence-corrected chi connectivity index (χ4v) is 3.80. The van der Waals surface area contributed by atoms with Gasteiger partial charge in [-0.15, -0.1) is 0 Å². The molecule has 3 aromatic rings. The zero-order valence-electron chi connectivity index (χ0n) is 17.2. The third kappa shape index (κ3) is 4.67. The lowest BCUT2D eigenvalue weighted by Crippen LogP contribution is -2.35. The van der Waals surface area contributed by atoms with Gasteiger partial charge >= 0.3 is 5.97 Å². The van der Waals surface area contributed by atoms with Gasteiger partial charge in [-0.3, -0.25) is 9.59 Å². The summed E-state index contributed by atoms with van der Waals surface area (Å²) in [5, 5.41) is 1.01. The predicted molar refractivity (Wildman–Crippen MR) is 116 cm³/mol. The molecule has 0 saturated heterocycles. The van der Waals surface area contributed by atoms with Crippen molar-refractivity contribution >= 4 is 22.8 Å². The highest BCUT2D eigenvalue weighted by atomic mass is 16.5. The van der Waals surface area contributed by atoms with Crippen LogP contribution in [0.1, 0.15) is 29.4 Å². The number of aromatic nitrogens is 1. The number of amides is 1. The molecule has 0 radical (unpaired) electrons. The molecule has 1 fully saturated rings. The van der Waals surface area contributed by atoms with Crippen LogP contribution in [0.4, 0.5) is 0 Å². The molecule has 0 bridgehead atoms. The molecule has 0 spiro atoms. The molecule has 154 valence electrons. The molecule has 5 nitrogen and oxygen atoms in total. The number of fused-ring (bicyclic) bond motifs is 1. The molecule has 4 rings (SSSR count). The molecular formula is C25H26N2O3. The number of hydrogen-bond acceptors (Lipinski definition) is 4. The molecule has 1 aromatic heterocycles. The van der Waals surface area contributed by atoms with Crippen molar-refractivity contribution < 1.29 is 14.3 Å². The SMILES string of the molecule is CCOC(=O)[C@H]1C[C@H]1CN(CCc1ccccc1)C(=O)c1ccc2ccccc2n1. The number of carbonyl (C=O) groups is 2. The van der Waals surface area contributed by atoms with Crippen molar-refractivity contribution in [3.8, 4) is 0 Å². The molecule has 1 aliphatic rings. The summed E-state index contributed by atoms with van der Waals surface area (Å²) in [7, 11) is 0. The molecule has 1 aliphatic carbocycles. The van der Waals surface area contributed by atoms with Crippen molar-refractivity contribution in [2.75, 3.05) is 19.7 Å². The van der Waals surface area contributed by atoms with E-state index in [9.17, 15) is 9.59 Å². The first-order chi connectivity index (χ1) is 14.7. The average Bonchev–Trinajstić information content (AvgIpc) is 3.56. The van der Waals surface area contributed by atoms with Crippen LogP contribution in [-0.4, -0.2) is 41.5 Å². The Balaban J connectivity index is 1.50. The quantitative estimate of drug-likeness (QED) is 0.532. The van der Waals surface area contributed by atoms with E-state index in [4.69, 9.17) is 4.74 Å². The Morgan fingerprint density at radius 1 is 1.03 bits per heavy atom. The summed E-state index contributed by atoms with van der Waals surface area (Å²) in [5.74, 6) is -0.182. The van der Waals surface area contributed by atoms with E-state index < -0.39 is 0 Å². The van der Waals surface area contributed by atoms with E-state index in [1.165, 1.54) is 5.56 Å². The van der Waals surface area contributed by atoms with Gasteiger partial charge in [0.15, 0.2) is 0 Å².